The Balaban J connectivity index is 1.27. The van der Waals surface area contributed by atoms with E-state index in [1.54, 1.807) is 11.3 Å². The first-order valence-corrected chi connectivity index (χ1v) is 11.4. The lowest BCUT2D eigenvalue weighted by molar-refractivity contribution is 0.111. The van der Waals surface area contributed by atoms with Crippen LogP contribution in [0.1, 0.15) is 27.4 Å². The van der Waals surface area contributed by atoms with Crippen molar-refractivity contribution in [1.82, 2.24) is 19.8 Å². The molecule has 1 saturated heterocycles. The Bertz CT molecular complexity index is 1080. The number of hydrogen-bond donors (Lipinski definition) is 1. The van der Waals surface area contributed by atoms with Crippen molar-refractivity contribution >= 4 is 21.6 Å². The van der Waals surface area contributed by atoms with Gasteiger partial charge in [0.25, 0.3) is 5.56 Å². The largest absolute Gasteiger partial charge is 0.492 e. The summed E-state index contributed by atoms with van der Waals surface area (Å²) in [6.07, 6.45) is 0. The Hall–Kier alpha value is -2.22. The minimum atomic E-state index is -0.0148. The Morgan fingerprint density at radius 3 is 2.40 bits per heavy atom. The van der Waals surface area contributed by atoms with E-state index in [9.17, 15) is 4.79 Å². The summed E-state index contributed by atoms with van der Waals surface area (Å²) in [6.45, 7) is 14.5. The zero-order valence-corrected chi connectivity index (χ0v) is 19.1. The number of rotatable bonds is 6. The summed E-state index contributed by atoms with van der Waals surface area (Å²) in [5.41, 5.74) is 3.50. The second kappa shape index (κ2) is 8.88. The standard InChI is InChI=1S/C23H30N4O2S/c1-15-11-16(2)13-19(12-15)29-10-9-26-5-7-27(8-6-26)14-20-24-22(28)21-17(3)18(4)30-23(21)25-20/h11-13H,5-10,14H2,1-4H3,(H,24,25,28). The summed E-state index contributed by atoms with van der Waals surface area (Å²) in [5.74, 6) is 1.72. The van der Waals surface area contributed by atoms with Gasteiger partial charge in [0.2, 0.25) is 0 Å². The molecule has 4 rings (SSSR count). The van der Waals surface area contributed by atoms with Crippen molar-refractivity contribution in [3.63, 3.8) is 0 Å². The van der Waals surface area contributed by atoms with Crippen LogP contribution in [0, 0.1) is 27.7 Å². The number of nitrogens with zero attached hydrogens (tertiary/aromatic N) is 3. The van der Waals surface area contributed by atoms with Gasteiger partial charge in [-0.1, -0.05) is 6.07 Å². The van der Waals surface area contributed by atoms with Crippen molar-refractivity contribution in [1.29, 1.82) is 0 Å². The number of fused-ring (bicyclic) bond motifs is 1. The van der Waals surface area contributed by atoms with Crippen LogP contribution in [-0.4, -0.2) is 59.1 Å². The van der Waals surface area contributed by atoms with Gasteiger partial charge in [0.15, 0.2) is 0 Å². The SMILES string of the molecule is Cc1cc(C)cc(OCCN2CCN(Cc3nc4sc(C)c(C)c4c(=O)[nH]3)CC2)c1. The van der Waals surface area contributed by atoms with E-state index in [1.165, 1.54) is 11.1 Å². The molecule has 1 aromatic carbocycles. The number of thiophene rings is 1. The third-order valence-corrected chi connectivity index (χ3v) is 6.90. The number of piperazine rings is 1. The number of aromatic amines is 1. The van der Waals surface area contributed by atoms with E-state index >= 15 is 0 Å². The lowest BCUT2D eigenvalue weighted by Crippen LogP contribution is -2.47. The average molecular weight is 427 g/mol. The summed E-state index contributed by atoms with van der Waals surface area (Å²) in [6, 6.07) is 6.34. The molecule has 3 aromatic rings. The van der Waals surface area contributed by atoms with E-state index in [2.05, 4.69) is 46.8 Å². The van der Waals surface area contributed by atoms with E-state index < -0.39 is 0 Å². The van der Waals surface area contributed by atoms with Gasteiger partial charge in [-0.2, -0.15) is 0 Å². The van der Waals surface area contributed by atoms with E-state index in [-0.39, 0.29) is 5.56 Å². The first-order valence-electron chi connectivity index (χ1n) is 10.5. The molecule has 30 heavy (non-hydrogen) atoms. The third kappa shape index (κ3) is 4.74. The molecule has 1 aliphatic rings. The number of aryl methyl sites for hydroxylation is 4. The Kier molecular flexibility index (Phi) is 6.22. The smallest absolute Gasteiger partial charge is 0.259 e. The number of nitrogens with one attached hydrogen (secondary N) is 1. The molecule has 0 radical (unpaired) electrons. The fraction of sp³-hybridized carbons (Fsp3) is 0.478. The van der Waals surface area contributed by atoms with Crippen LogP contribution < -0.4 is 10.3 Å². The molecule has 0 spiro atoms. The van der Waals surface area contributed by atoms with Crippen LogP contribution >= 0.6 is 11.3 Å². The van der Waals surface area contributed by atoms with Gasteiger partial charge in [0.05, 0.1) is 11.9 Å². The van der Waals surface area contributed by atoms with Gasteiger partial charge < -0.3 is 9.72 Å². The van der Waals surface area contributed by atoms with Gasteiger partial charge in [-0.25, -0.2) is 4.98 Å². The molecule has 0 unspecified atom stereocenters. The topological polar surface area (TPSA) is 61.5 Å². The van der Waals surface area contributed by atoms with Gasteiger partial charge in [0.1, 0.15) is 23.0 Å². The molecular formula is C23H30N4O2S. The predicted octanol–water partition coefficient (Wildman–Crippen LogP) is 3.41. The van der Waals surface area contributed by atoms with Gasteiger partial charge >= 0.3 is 0 Å². The molecule has 2 aromatic heterocycles. The highest BCUT2D eigenvalue weighted by atomic mass is 32.1. The number of benzene rings is 1. The number of ether oxygens (including phenoxy) is 1. The molecule has 0 amide bonds. The molecule has 7 heteroatoms. The molecule has 160 valence electrons. The van der Waals surface area contributed by atoms with Crippen molar-refractivity contribution in [3.05, 3.63) is 55.9 Å². The summed E-state index contributed by atoms with van der Waals surface area (Å²) in [5, 5.41) is 0.745. The van der Waals surface area contributed by atoms with E-state index in [1.807, 2.05) is 13.8 Å². The third-order valence-electron chi connectivity index (χ3n) is 5.80. The summed E-state index contributed by atoms with van der Waals surface area (Å²) >= 11 is 1.61. The van der Waals surface area contributed by atoms with E-state index in [0.717, 1.165) is 65.0 Å². The van der Waals surface area contributed by atoms with Gasteiger partial charge in [-0.05, 0) is 56.5 Å². The summed E-state index contributed by atoms with van der Waals surface area (Å²) in [4.78, 5) is 27.0. The fourth-order valence-electron chi connectivity index (χ4n) is 4.07. The maximum absolute atomic E-state index is 12.5. The van der Waals surface area contributed by atoms with Crippen LogP contribution in [0.15, 0.2) is 23.0 Å². The molecule has 0 atom stereocenters. The quantitative estimate of drug-likeness (QED) is 0.655. The van der Waals surface area contributed by atoms with Crippen LogP contribution in [0.3, 0.4) is 0 Å². The first kappa shape index (κ1) is 21.0. The van der Waals surface area contributed by atoms with E-state index in [0.29, 0.717) is 13.2 Å². The van der Waals surface area contributed by atoms with Crippen LogP contribution in [0.2, 0.25) is 0 Å². The Labute approximate surface area is 181 Å². The molecule has 3 heterocycles. The van der Waals surface area contributed by atoms with Gasteiger partial charge in [-0.15, -0.1) is 11.3 Å². The van der Waals surface area contributed by atoms with Gasteiger partial charge in [-0.3, -0.25) is 14.6 Å². The van der Waals surface area contributed by atoms with Crippen LogP contribution in [0.5, 0.6) is 5.75 Å². The molecule has 1 N–H and O–H groups in total. The highest BCUT2D eigenvalue weighted by molar-refractivity contribution is 7.18. The van der Waals surface area contributed by atoms with Crippen LogP contribution in [0.25, 0.3) is 10.2 Å². The monoisotopic (exact) mass is 426 g/mol. The van der Waals surface area contributed by atoms with Gasteiger partial charge in [0, 0.05) is 37.6 Å². The maximum Gasteiger partial charge on any atom is 0.259 e. The number of hydrogen-bond acceptors (Lipinski definition) is 6. The minimum absolute atomic E-state index is 0.0148. The molecule has 0 bridgehead atoms. The second-order valence-corrected chi connectivity index (χ2v) is 9.47. The molecule has 6 nitrogen and oxygen atoms in total. The minimum Gasteiger partial charge on any atom is -0.492 e. The average Bonchev–Trinajstić information content (AvgIpc) is 2.96. The highest BCUT2D eigenvalue weighted by Gasteiger charge is 2.19. The first-order chi connectivity index (χ1) is 14.4. The van der Waals surface area contributed by atoms with Crippen LogP contribution in [-0.2, 0) is 6.54 Å². The van der Waals surface area contributed by atoms with Crippen molar-refractivity contribution in [2.75, 3.05) is 39.3 Å². The van der Waals surface area contributed by atoms with Crippen molar-refractivity contribution in [2.45, 2.75) is 34.2 Å². The molecule has 0 saturated carbocycles. The second-order valence-electron chi connectivity index (χ2n) is 8.27. The van der Waals surface area contributed by atoms with E-state index in [4.69, 9.17) is 9.72 Å². The van der Waals surface area contributed by atoms with Crippen molar-refractivity contribution < 1.29 is 4.74 Å². The highest BCUT2D eigenvalue weighted by Crippen LogP contribution is 2.25. The van der Waals surface area contributed by atoms with Crippen molar-refractivity contribution in [3.8, 4) is 5.75 Å². The summed E-state index contributed by atoms with van der Waals surface area (Å²) < 4.78 is 5.95. The molecular weight excluding hydrogens is 396 g/mol. The summed E-state index contributed by atoms with van der Waals surface area (Å²) in [7, 11) is 0. The lowest BCUT2D eigenvalue weighted by atomic mass is 10.1. The molecule has 0 aliphatic carbocycles. The zero-order chi connectivity index (χ0) is 21.3. The van der Waals surface area contributed by atoms with Crippen LogP contribution in [0.4, 0.5) is 0 Å². The molecule has 1 aliphatic heterocycles. The molecule has 1 fully saturated rings. The predicted molar refractivity (Wildman–Crippen MR) is 123 cm³/mol. The zero-order valence-electron chi connectivity index (χ0n) is 18.2. The number of aromatic nitrogens is 2. The fourth-order valence-corrected chi connectivity index (χ4v) is 5.11. The normalized spacial score (nSPS) is 15.7. The van der Waals surface area contributed by atoms with Crippen molar-refractivity contribution in [2.24, 2.45) is 0 Å². The number of H-pyrrole nitrogens is 1. The Morgan fingerprint density at radius 1 is 1.03 bits per heavy atom. The Morgan fingerprint density at radius 2 is 1.70 bits per heavy atom. The lowest BCUT2D eigenvalue weighted by Gasteiger charge is -2.34. The maximum atomic E-state index is 12.5.